The Labute approximate surface area is 128 Å². The SMILES string of the molecule is O=P(O)(O)OP(=O)(O)OP(=O)(O)OP(=O)(O)Oc1ccccc1. The molecule has 5 N–H and O–H groups in total. The van der Waals surface area contributed by atoms with Crippen LogP contribution in [0.1, 0.15) is 0 Å². The van der Waals surface area contributed by atoms with Gasteiger partial charge in [0.1, 0.15) is 5.75 Å². The molecule has 0 radical (unpaired) electrons. The van der Waals surface area contributed by atoms with E-state index in [1.54, 1.807) is 0 Å². The van der Waals surface area contributed by atoms with E-state index < -0.39 is 31.3 Å². The Morgan fingerprint density at radius 2 is 1.09 bits per heavy atom. The highest BCUT2D eigenvalue weighted by Crippen LogP contribution is 2.70. The van der Waals surface area contributed by atoms with Crippen LogP contribution in [0.2, 0.25) is 0 Å². The lowest BCUT2D eigenvalue weighted by molar-refractivity contribution is 0.195. The standard InChI is InChI=1S/C6H10O13P4/c7-20(8,9)17-22(12,13)19-23(14,15)18-21(10,11)16-6-4-2-1-3-5-6/h1-5H,(H,10,11)(H,12,13)(H,14,15)(H2,7,8,9). The Kier molecular flexibility index (Phi) is 6.51. The lowest BCUT2D eigenvalue weighted by atomic mass is 10.3. The van der Waals surface area contributed by atoms with Gasteiger partial charge in [-0.05, 0) is 12.1 Å². The zero-order valence-corrected chi connectivity index (χ0v) is 14.3. The van der Waals surface area contributed by atoms with E-state index >= 15 is 0 Å². The van der Waals surface area contributed by atoms with Crippen molar-refractivity contribution in [2.75, 3.05) is 0 Å². The second kappa shape index (κ2) is 7.25. The van der Waals surface area contributed by atoms with Crippen molar-refractivity contribution in [1.82, 2.24) is 0 Å². The minimum Gasteiger partial charge on any atom is -0.404 e. The fourth-order valence-electron chi connectivity index (χ4n) is 1.06. The van der Waals surface area contributed by atoms with E-state index in [1.165, 1.54) is 30.3 Å². The number of hydrogen-bond acceptors (Lipinski definition) is 8. The summed E-state index contributed by atoms with van der Waals surface area (Å²) in [5, 5.41) is 0. The Hall–Kier alpha value is -0.380. The van der Waals surface area contributed by atoms with Crippen LogP contribution in [-0.4, -0.2) is 24.5 Å². The summed E-state index contributed by atoms with van der Waals surface area (Å²) >= 11 is 0. The first-order valence-corrected chi connectivity index (χ1v) is 11.1. The van der Waals surface area contributed by atoms with Crippen molar-refractivity contribution in [2.45, 2.75) is 0 Å². The normalized spacial score (nSPS) is 20.0. The van der Waals surface area contributed by atoms with Crippen molar-refractivity contribution in [3.8, 4) is 5.75 Å². The third kappa shape index (κ3) is 8.88. The van der Waals surface area contributed by atoms with E-state index in [2.05, 4.69) is 17.5 Å². The van der Waals surface area contributed by atoms with Gasteiger partial charge in [-0.15, -0.1) is 0 Å². The van der Waals surface area contributed by atoms with Crippen LogP contribution in [0.3, 0.4) is 0 Å². The van der Waals surface area contributed by atoms with Crippen LogP contribution in [0.5, 0.6) is 5.75 Å². The molecule has 23 heavy (non-hydrogen) atoms. The third-order valence-corrected chi connectivity index (χ3v) is 7.01. The van der Waals surface area contributed by atoms with Crippen LogP contribution in [0.4, 0.5) is 0 Å². The molecule has 0 aliphatic heterocycles. The molecule has 0 saturated carbocycles. The molecular formula is C6H10O13P4. The molecule has 0 fully saturated rings. The average Bonchev–Trinajstić information content (AvgIpc) is 2.21. The maximum atomic E-state index is 11.5. The predicted octanol–water partition coefficient (Wildman–Crippen LogP) is 1.51. The number of para-hydroxylation sites is 1. The van der Waals surface area contributed by atoms with Gasteiger partial charge in [-0.1, -0.05) is 18.2 Å². The first kappa shape index (κ1) is 20.7. The maximum Gasteiger partial charge on any atom is 0.536 e. The minimum absolute atomic E-state index is 0.253. The van der Waals surface area contributed by atoms with Gasteiger partial charge in [0, 0.05) is 0 Å². The Bertz CT molecular complexity index is 723. The third-order valence-electron chi connectivity index (χ3n) is 1.59. The van der Waals surface area contributed by atoms with Gasteiger partial charge in [-0.3, -0.25) is 4.89 Å². The van der Waals surface area contributed by atoms with E-state index in [0.717, 1.165) is 0 Å². The fraction of sp³-hybridized carbons (Fsp3) is 0. The molecule has 17 heteroatoms. The van der Waals surface area contributed by atoms with Crippen LogP contribution in [-0.2, 0) is 31.2 Å². The van der Waals surface area contributed by atoms with Gasteiger partial charge >= 0.3 is 31.3 Å². The van der Waals surface area contributed by atoms with E-state index in [9.17, 15) is 23.2 Å². The molecule has 1 aromatic rings. The number of rotatable bonds is 8. The van der Waals surface area contributed by atoms with E-state index in [4.69, 9.17) is 19.6 Å². The smallest absolute Gasteiger partial charge is 0.404 e. The van der Waals surface area contributed by atoms with E-state index in [0.29, 0.717) is 0 Å². The molecule has 0 heterocycles. The van der Waals surface area contributed by atoms with Crippen LogP contribution >= 0.6 is 31.3 Å². The molecule has 0 saturated heterocycles. The molecule has 13 nitrogen and oxygen atoms in total. The van der Waals surface area contributed by atoms with Gasteiger partial charge in [0.05, 0.1) is 0 Å². The quantitative estimate of drug-likeness (QED) is 0.383. The molecule has 3 unspecified atom stereocenters. The molecule has 3 atom stereocenters. The summed E-state index contributed by atoms with van der Waals surface area (Å²) < 4.78 is 59.0. The topological polar surface area (TPSA) is 206 Å². The summed E-state index contributed by atoms with van der Waals surface area (Å²) in [7, 11) is -22.4. The second-order valence-electron chi connectivity index (χ2n) is 3.55. The predicted molar refractivity (Wildman–Crippen MR) is 71.8 cm³/mol. The molecule has 1 rings (SSSR count). The second-order valence-corrected chi connectivity index (χ2v) is 9.48. The summed E-state index contributed by atoms with van der Waals surface area (Å²) in [5.41, 5.74) is 0. The van der Waals surface area contributed by atoms with E-state index in [-0.39, 0.29) is 5.75 Å². The fourth-order valence-corrected chi connectivity index (χ4v) is 5.51. The van der Waals surface area contributed by atoms with E-state index in [1.807, 2.05) is 0 Å². The molecular weight excluding hydrogens is 404 g/mol. The zero-order chi connectivity index (χ0) is 17.9. The van der Waals surface area contributed by atoms with Crippen molar-refractivity contribution in [3.05, 3.63) is 30.3 Å². The van der Waals surface area contributed by atoms with Gasteiger partial charge in [-0.2, -0.15) is 12.9 Å². The summed E-state index contributed by atoms with van der Waals surface area (Å²) in [5.74, 6) is -0.253. The highest BCUT2D eigenvalue weighted by Gasteiger charge is 2.45. The molecule has 0 amide bonds. The number of benzene rings is 1. The summed E-state index contributed by atoms with van der Waals surface area (Å²) in [6.45, 7) is 0. The summed E-state index contributed by atoms with van der Waals surface area (Å²) in [6, 6.07) is 6.67. The first-order chi connectivity index (χ1) is 10.2. The van der Waals surface area contributed by atoms with Crippen LogP contribution in [0.15, 0.2) is 30.3 Å². The van der Waals surface area contributed by atoms with Crippen molar-refractivity contribution >= 4 is 31.3 Å². The molecule has 0 spiro atoms. The lowest BCUT2D eigenvalue weighted by Crippen LogP contribution is -1.99. The number of phosphoric ester groups is 1. The molecule has 0 aromatic heterocycles. The monoisotopic (exact) mass is 414 g/mol. The van der Waals surface area contributed by atoms with Crippen LogP contribution in [0.25, 0.3) is 0 Å². The van der Waals surface area contributed by atoms with Crippen LogP contribution in [0, 0.1) is 0 Å². The van der Waals surface area contributed by atoms with Crippen molar-refractivity contribution in [2.24, 2.45) is 0 Å². The van der Waals surface area contributed by atoms with Gasteiger partial charge in [0.25, 0.3) is 0 Å². The molecule has 1 aromatic carbocycles. The van der Waals surface area contributed by atoms with Crippen molar-refractivity contribution in [1.29, 1.82) is 0 Å². The lowest BCUT2D eigenvalue weighted by Gasteiger charge is -2.18. The largest absolute Gasteiger partial charge is 0.536 e. The average molecular weight is 414 g/mol. The maximum absolute atomic E-state index is 11.5. The number of phosphoric acid groups is 4. The molecule has 0 aliphatic rings. The molecule has 0 aliphatic carbocycles. The van der Waals surface area contributed by atoms with Gasteiger partial charge in [-0.25, -0.2) is 18.3 Å². The van der Waals surface area contributed by atoms with Gasteiger partial charge in [0.2, 0.25) is 0 Å². The highest BCUT2D eigenvalue weighted by molar-refractivity contribution is 7.69. The molecule has 132 valence electrons. The zero-order valence-electron chi connectivity index (χ0n) is 10.7. The Balaban J connectivity index is 2.81. The van der Waals surface area contributed by atoms with Gasteiger partial charge < -0.3 is 24.1 Å². The van der Waals surface area contributed by atoms with Crippen LogP contribution < -0.4 is 4.52 Å². The van der Waals surface area contributed by atoms with Gasteiger partial charge in [0.15, 0.2) is 0 Å². The van der Waals surface area contributed by atoms with Crippen molar-refractivity contribution < 1.29 is 60.2 Å². The Morgan fingerprint density at radius 3 is 1.57 bits per heavy atom. The molecule has 0 bridgehead atoms. The first-order valence-electron chi connectivity index (χ1n) is 5.12. The Morgan fingerprint density at radius 1 is 0.652 bits per heavy atom. The number of hydrogen-bond donors (Lipinski definition) is 5. The minimum atomic E-state index is -5.79. The highest BCUT2D eigenvalue weighted by atomic mass is 31.3. The summed E-state index contributed by atoms with van der Waals surface area (Å²) in [4.78, 5) is 43.9. The summed E-state index contributed by atoms with van der Waals surface area (Å²) in [6.07, 6.45) is 0. The van der Waals surface area contributed by atoms with Crippen molar-refractivity contribution in [3.63, 3.8) is 0 Å².